The van der Waals surface area contributed by atoms with Crippen LogP contribution in [0.4, 0.5) is 0 Å². The van der Waals surface area contributed by atoms with Crippen LogP contribution in [0, 0.1) is 5.92 Å². The molecule has 4 nitrogen and oxygen atoms in total. The van der Waals surface area contributed by atoms with Crippen molar-refractivity contribution in [2.24, 2.45) is 5.92 Å². The van der Waals surface area contributed by atoms with E-state index in [0.717, 1.165) is 12.8 Å². The highest BCUT2D eigenvalue weighted by Gasteiger charge is 2.41. The minimum absolute atomic E-state index is 0.00572. The van der Waals surface area contributed by atoms with Crippen molar-refractivity contribution >= 4 is 17.5 Å². The fourth-order valence-corrected chi connectivity index (χ4v) is 3.48. The average molecular weight is 285 g/mol. The van der Waals surface area contributed by atoms with Crippen molar-refractivity contribution in [3.05, 3.63) is 35.9 Å². The number of carbonyl (C=O) groups excluding carboxylic acids is 3. The third-order valence-corrected chi connectivity index (χ3v) is 4.59. The van der Waals surface area contributed by atoms with Crippen molar-refractivity contribution in [1.82, 2.24) is 4.90 Å². The van der Waals surface area contributed by atoms with E-state index >= 15 is 0 Å². The Morgan fingerprint density at radius 2 is 1.90 bits per heavy atom. The van der Waals surface area contributed by atoms with Crippen LogP contribution in [0.3, 0.4) is 0 Å². The molecule has 0 aliphatic carbocycles. The smallest absolute Gasteiger partial charge is 0.222 e. The Kier molecular flexibility index (Phi) is 3.86. The largest absolute Gasteiger partial charge is 0.339 e. The topological polar surface area (TPSA) is 54.5 Å². The van der Waals surface area contributed by atoms with Crippen LogP contribution in [0.5, 0.6) is 0 Å². The molecule has 1 aromatic carbocycles. The number of benzene rings is 1. The van der Waals surface area contributed by atoms with Gasteiger partial charge in [-0.2, -0.15) is 0 Å². The molecule has 0 bridgehead atoms. The minimum Gasteiger partial charge on any atom is -0.339 e. The second-order valence-corrected chi connectivity index (χ2v) is 5.86. The summed E-state index contributed by atoms with van der Waals surface area (Å²) in [6.07, 6.45) is 2.84. The van der Waals surface area contributed by atoms with Crippen LogP contribution in [0.2, 0.25) is 0 Å². The summed E-state index contributed by atoms with van der Waals surface area (Å²) in [5.41, 5.74) is 0.643. The van der Waals surface area contributed by atoms with Crippen LogP contribution in [-0.4, -0.2) is 35.0 Å². The summed E-state index contributed by atoms with van der Waals surface area (Å²) in [5, 5.41) is 0. The number of Topliss-reactive ketones (excluding diaryl/α,β-unsaturated/α-hetero) is 2. The maximum Gasteiger partial charge on any atom is 0.222 e. The molecular weight excluding hydrogens is 266 g/mol. The van der Waals surface area contributed by atoms with Crippen LogP contribution in [0.15, 0.2) is 30.3 Å². The fraction of sp³-hybridized carbons (Fsp3) is 0.471. The van der Waals surface area contributed by atoms with E-state index in [4.69, 9.17) is 0 Å². The zero-order chi connectivity index (χ0) is 14.8. The highest BCUT2D eigenvalue weighted by atomic mass is 16.2. The predicted octanol–water partition coefficient (Wildman–Crippen LogP) is 2.23. The average Bonchev–Trinajstić information content (AvgIpc) is 2.51. The molecule has 0 radical (unpaired) electrons. The van der Waals surface area contributed by atoms with Gasteiger partial charge in [-0.3, -0.25) is 14.4 Å². The maximum absolute atomic E-state index is 12.4. The molecule has 2 atom stereocenters. The van der Waals surface area contributed by atoms with Crippen LogP contribution in [0.25, 0.3) is 0 Å². The number of ketones is 2. The molecular formula is C17H19NO3. The second-order valence-electron chi connectivity index (χ2n) is 5.86. The van der Waals surface area contributed by atoms with Crippen molar-refractivity contribution < 1.29 is 14.4 Å². The third-order valence-electron chi connectivity index (χ3n) is 4.59. The quantitative estimate of drug-likeness (QED) is 0.800. The molecule has 0 spiro atoms. The highest BCUT2D eigenvalue weighted by Crippen LogP contribution is 2.32. The molecule has 3 rings (SSSR count). The first-order valence-electron chi connectivity index (χ1n) is 7.57. The van der Waals surface area contributed by atoms with Gasteiger partial charge in [-0.15, -0.1) is 0 Å². The van der Waals surface area contributed by atoms with E-state index in [1.165, 1.54) is 0 Å². The van der Waals surface area contributed by atoms with Gasteiger partial charge in [-0.05, 0) is 12.8 Å². The van der Waals surface area contributed by atoms with Crippen LogP contribution in [0.1, 0.15) is 42.5 Å². The number of carbonyl (C=O) groups is 3. The van der Waals surface area contributed by atoms with Gasteiger partial charge in [0, 0.05) is 43.3 Å². The number of fused-ring (bicyclic) bond motifs is 1. The summed E-state index contributed by atoms with van der Waals surface area (Å²) in [5.74, 6) is -0.0596. The summed E-state index contributed by atoms with van der Waals surface area (Å²) in [4.78, 5) is 38.4. The Bertz CT molecular complexity index is 567. The summed E-state index contributed by atoms with van der Waals surface area (Å²) in [6.45, 7) is 0.526. The molecule has 2 saturated heterocycles. The van der Waals surface area contributed by atoms with Crippen molar-refractivity contribution in [2.45, 2.75) is 38.1 Å². The van der Waals surface area contributed by atoms with E-state index in [9.17, 15) is 14.4 Å². The van der Waals surface area contributed by atoms with Gasteiger partial charge in [0.15, 0.2) is 5.78 Å². The molecule has 2 heterocycles. The van der Waals surface area contributed by atoms with E-state index < -0.39 is 0 Å². The zero-order valence-electron chi connectivity index (χ0n) is 12.0. The Morgan fingerprint density at radius 3 is 2.67 bits per heavy atom. The lowest BCUT2D eigenvalue weighted by Crippen LogP contribution is -2.54. The van der Waals surface area contributed by atoms with E-state index in [0.29, 0.717) is 24.9 Å². The Balaban J connectivity index is 1.77. The van der Waals surface area contributed by atoms with Crippen LogP contribution >= 0.6 is 0 Å². The maximum atomic E-state index is 12.4. The first-order chi connectivity index (χ1) is 10.2. The molecule has 1 aromatic rings. The number of hydrogen-bond donors (Lipinski definition) is 0. The van der Waals surface area contributed by atoms with Gasteiger partial charge >= 0.3 is 0 Å². The van der Waals surface area contributed by atoms with Crippen LogP contribution in [-0.2, 0) is 9.59 Å². The van der Waals surface area contributed by atoms with Gasteiger partial charge in [0.25, 0.3) is 0 Å². The lowest BCUT2D eigenvalue weighted by atomic mass is 9.79. The molecule has 2 aliphatic rings. The molecule has 0 N–H and O–H groups in total. The summed E-state index contributed by atoms with van der Waals surface area (Å²) in [6, 6.07) is 9.00. The summed E-state index contributed by atoms with van der Waals surface area (Å²) in [7, 11) is 0. The number of hydrogen-bond acceptors (Lipinski definition) is 3. The monoisotopic (exact) mass is 285 g/mol. The molecule has 2 fully saturated rings. The predicted molar refractivity (Wildman–Crippen MR) is 77.9 cm³/mol. The van der Waals surface area contributed by atoms with E-state index in [1.54, 1.807) is 12.1 Å². The number of piperidine rings is 2. The molecule has 2 aliphatic heterocycles. The summed E-state index contributed by atoms with van der Waals surface area (Å²) >= 11 is 0. The van der Waals surface area contributed by atoms with Crippen molar-refractivity contribution in [3.8, 4) is 0 Å². The number of nitrogens with zero attached hydrogens (tertiary/aromatic N) is 1. The SMILES string of the molecule is O=C(CC1C(=O)CCN2C(=O)CCC[C@H]12)c1ccccc1. The Hall–Kier alpha value is -1.97. The molecule has 4 heteroatoms. The van der Waals surface area contributed by atoms with E-state index in [2.05, 4.69) is 0 Å². The first-order valence-corrected chi connectivity index (χ1v) is 7.57. The lowest BCUT2D eigenvalue weighted by molar-refractivity contribution is -0.145. The van der Waals surface area contributed by atoms with Gasteiger partial charge in [0.2, 0.25) is 5.91 Å². The Morgan fingerprint density at radius 1 is 1.14 bits per heavy atom. The van der Waals surface area contributed by atoms with Crippen molar-refractivity contribution in [1.29, 1.82) is 0 Å². The molecule has 1 unspecified atom stereocenters. The minimum atomic E-state index is -0.323. The van der Waals surface area contributed by atoms with Gasteiger partial charge in [-0.25, -0.2) is 0 Å². The molecule has 0 aromatic heterocycles. The molecule has 0 saturated carbocycles. The second kappa shape index (κ2) is 5.80. The van der Waals surface area contributed by atoms with E-state index in [-0.39, 0.29) is 35.9 Å². The van der Waals surface area contributed by atoms with Crippen molar-refractivity contribution in [3.63, 3.8) is 0 Å². The van der Waals surface area contributed by atoms with Crippen molar-refractivity contribution in [2.75, 3.05) is 6.54 Å². The lowest BCUT2D eigenvalue weighted by Gasteiger charge is -2.43. The van der Waals surface area contributed by atoms with Gasteiger partial charge in [0.05, 0.1) is 0 Å². The number of rotatable bonds is 3. The fourth-order valence-electron chi connectivity index (χ4n) is 3.48. The third kappa shape index (κ3) is 2.75. The van der Waals surface area contributed by atoms with E-state index in [1.807, 2.05) is 23.1 Å². The van der Waals surface area contributed by atoms with Crippen LogP contribution < -0.4 is 0 Å². The van der Waals surface area contributed by atoms with Gasteiger partial charge in [0.1, 0.15) is 5.78 Å². The van der Waals surface area contributed by atoms with Gasteiger partial charge in [-0.1, -0.05) is 30.3 Å². The van der Waals surface area contributed by atoms with Gasteiger partial charge < -0.3 is 4.90 Å². The first kappa shape index (κ1) is 14.0. The molecule has 21 heavy (non-hydrogen) atoms. The molecule has 1 amide bonds. The highest BCUT2D eigenvalue weighted by molar-refractivity contribution is 5.99. The number of amides is 1. The standard InChI is InChI=1S/C17H19NO3/c19-15-9-10-18-14(7-4-8-17(18)21)13(15)11-16(20)12-5-2-1-3-6-12/h1-3,5-6,13-14H,4,7-11H2/t13?,14-/m1/s1. The molecule has 110 valence electrons. The Labute approximate surface area is 124 Å². The zero-order valence-corrected chi connectivity index (χ0v) is 12.0. The summed E-state index contributed by atoms with van der Waals surface area (Å²) < 4.78 is 0. The normalized spacial score (nSPS) is 25.6.